The summed E-state index contributed by atoms with van der Waals surface area (Å²) in [7, 11) is 1.67. The zero-order chi connectivity index (χ0) is 16.7. The van der Waals surface area contributed by atoms with Crippen LogP contribution in [-0.4, -0.2) is 37.6 Å². The van der Waals surface area contributed by atoms with Crippen molar-refractivity contribution >= 4 is 0 Å². The van der Waals surface area contributed by atoms with E-state index in [9.17, 15) is 0 Å². The van der Waals surface area contributed by atoms with E-state index in [0.29, 0.717) is 18.4 Å². The third-order valence-corrected chi connectivity index (χ3v) is 4.55. The maximum Gasteiger partial charge on any atom is 0.118 e. The molecule has 1 aliphatic heterocycles. The minimum atomic E-state index is 0.0880. The van der Waals surface area contributed by atoms with Crippen molar-refractivity contribution in [3.8, 4) is 5.75 Å². The molecule has 1 saturated heterocycles. The first-order valence-corrected chi connectivity index (χ1v) is 8.61. The molecule has 0 saturated carbocycles. The maximum absolute atomic E-state index is 9.03. The summed E-state index contributed by atoms with van der Waals surface area (Å²) in [4.78, 5) is 0. The van der Waals surface area contributed by atoms with Gasteiger partial charge in [-0.05, 0) is 48.8 Å². The quantitative estimate of drug-likeness (QED) is 0.501. The highest BCUT2D eigenvalue weighted by atomic mass is 16.6. The number of hydrogen-bond acceptors (Lipinski definition) is 4. The molecule has 1 N–H and O–H groups in total. The van der Waals surface area contributed by atoms with Crippen LogP contribution in [0.5, 0.6) is 5.75 Å². The van der Waals surface area contributed by atoms with E-state index >= 15 is 0 Å². The standard InChI is InChI=1S/C19H30O4/c1-14(11-15(2)19-18(12-20)23-19)5-4-10-22-13-16-6-8-17(21-3)9-7-16/h6-9,14-15,18-20H,4-5,10-13H2,1-3H3/t14-,15-,18-,19+/m0/s1. The van der Waals surface area contributed by atoms with Gasteiger partial charge in [-0.1, -0.05) is 26.0 Å². The van der Waals surface area contributed by atoms with Crippen molar-refractivity contribution in [2.45, 2.75) is 51.9 Å². The lowest BCUT2D eigenvalue weighted by Crippen LogP contribution is -2.13. The number of benzene rings is 1. The smallest absolute Gasteiger partial charge is 0.118 e. The first-order valence-electron chi connectivity index (χ1n) is 8.61. The number of aliphatic hydroxyl groups is 1. The van der Waals surface area contributed by atoms with Crippen molar-refractivity contribution in [1.29, 1.82) is 0 Å². The molecule has 1 aliphatic rings. The zero-order valence-electron chi connectivity index (χ0n) is 14.5. The predicted octanol–water partition coefficient (Wildman–Crippen LogP) is 3.41. The van der Waals surface area contributed by atoms with Crippen LogP contribution < -0.4 is 4.74 Å². The number of hydrogen-bond donors (Lipinski definition) is 1. The maximum atomic E-state index is 9.03. The second kappa shape index (κ2) is 9.26. The summed E-state index contributed by atoms with van der Waals surface area (Å²) in [5.74, 6) is 2.07. The van der Waals surface area contributed by atoms with Crippen molar-refractivity contribution in [3.63, 3.8) is 0 Å². The summed E-state index contributed by atoms with van der Waals surface area (Å²) in [5, 5.41) is 9.03. The van der Waals surface area contributed by atoms with E-state index in [1.165, 1.54) is 12.0 Å². The van der Waals surface area contributed by atoms with Crippen LogP contribution in [0.4, 0.5) is 0 Å². The number of rotatable bonds is 11. The summed E-state index contributed by atoms with van der Waals surface area (Å²) >= 11 is 0. The van der Waals surface area contributed by atoms with Gasteiger partial charge in [0, 0.05) is 6.61 Å². The summed E-state index contributed by atoms with van der Waals surface area (Å²) < 4.78 is 16.3. The van der Waals surface area contributed by atoms with Crippen molar-refractivity contribution in [1.82, 2.24) is 0 Å². The van der Waals surface area contributed by atoms with Crippen molar-refractivity contribution in [3.05, 3.63) is 29.8 Å². The van der Waals surface area contributed by atoms with E-state index in [-0.39, 0.29) is 18.8 Å². The van der Waals surface area contributed by atoms with Gasteiger partial charge in [-0.25, -0.2) is 0 Å². The first-order chi connectivity index (χ1) is 11.1. The minimum absolute atomic E-state index is 0.0880. The van der Waals surface area contributed by atoms with Gasteiger partial charge in [0.25, 0.3) is 0 Å². The molecule has 1 fully saturated rings. The van der Waals surface area contributed by atoms with E-state index in [1.54, 1.807) is 7.11 Å². The van der Waals surface area contributed by atoms with Crippen LogP contribution in [0.25, 0.3) is 0 Å². The number of aliphatic hydroxyl groups excluding tert-OH is 1. The van der Waals surface area contributed by atoms with Gasteiger partial charge in [0.2, 0.25) is 0 Å². The normalized spacial score (nSPS) is 22.6. The molecule has 0 aromatic heterocycles. The molecule has 1 heterocycles. The summed E-state index contributed by atoms with van der Waals surface area (Å²) in [6, 6.07) is 8.00. The zero-order valence-corrected chi connectivity index (χ0v) is 14.5. The summed E-state index contributed by atoms with van der Waals surface area (Å²) in [5.41, 5.74) is 1.17. The Morgan fingerprint density at radius 2 is 1.96 bits per heavy atom. The molecule has 0 amide bonds. The average Bonchev–Trinajstić information content (AvgIpc) is 3.35. The molecule has 0 spiro atoms. The molecule has 1 aromatic carbocycles. The summed E-state index contributed by atoms with van der Waals surface area (Å²) in [6.07, 6.45) is 3.76. The molecule has 23 heavy (non-hydrogen) atoms. The summed E-state index contributed by atoms with van der Waals surface area (Å²) in [6.45, 7) is 6.11. The fourth-order valence-corrected chi connectivity index (χ4v) is 3.14. The Balaban J connectivity index is 1.52. The van der Waals surface area contributed by atoms with Crippen LogP contribution in [-0.2, 0) is 16.1 Å². The molecule has 2 rings (SSSR count). The van der Waals surface area contributed by atoms with E-state index in [1.807, 2.05) is 24.3 Å². The fraction of sp³-hybridized carbons (Fsp3) is 0.684. The Labute approximate surface area is 139 Å². The molecule has 0 radical (unpaired) electrons. The van der Waals surface area contributed by atoms with Gasteiger partial charge in [0.05, 0.1) is 26.4 Å². The minimum Gasteiger partial charge on any atom is -0.497 e. The molecule has 4 heteroatoms. The van der Waals surface area contributed by atoms with Gasteiger partial charge in [-0.3, -0.25) is 0 Å². The molecule has 130 valence electrons. The largest absolute Gasteiger partial charge is 0.497 e. The van der Waals surface area contributed by atoms with Crippen LogP contribution in [0.2, 0.25) is 0 Å². The van der Waals surface area contributed by atoms with Crippen LogP contribution in [0.1, 0.15) is 38.7 Å². The number of ether oxygens (including phenoxy) is 3. The SMILES string of the molecule is COc1ccc(COCCC[C@H](C)C[C@H](C)[C@H]2O[C@H]2CO)cc1. The highest BCUT2D eigenvalue weighted by Crippen LogP contribution is 2.33. The highest BCUT2D eigenvalue weighted by molar-refractivity contribution is 5.26. The highest BCUT2D eigenvalue weighted by Gasteiger charge is 2.42. The molecule has 0 unspecified atom stereocenters. The Bertz CT molecular complexity index is 445. The third kappa shape index (κ3) is 6.13. The third-order valence-electron chi connectivity index (χ3n) is 4.55. The molecule has 0 aliphatic carbocycles. The van der Waals surface area contributed by atoms with Crippen molar-refractivity contribution < 1.29 is 19.3 Å². The number of epoxide rings is 1. The molecule has 4 atom stereocenters. The Hall–Kier alpha value is -1.10. The molecule has 1 aromatic rings. The van der Waals surface area contributed by atoms with Crippen LogP contribution >= 0.6 is 0 Å². The van der Waals surface area contributed by atoms with E-state index in [2.05, 4.69) is 13.8 Å². The van der Waals surface area contributed by atoms with Gasteiger partial charge < -0.3 is 19.3 Å². The Morgan fingerprint density at radius 1 is 1.22 bits per heavy atom. The van der Waals surface area contributed by atoms with Gasteiger partial charge in [0.1, 0.15) is 11.9 Å². The monoisotopic (exact) mass is 322 g/mol. The Morgan fingerprint density at radius 3 is 2.57 bits per heavy atom. The lowest BCUT2D eigenvalue weighted by atomic mass is 9.91. The van der Waals surface area contributed by atoms with E-state index in [4.69, 9.17) is 19.3 Å². The van der Waals surface area contributed by atoms with Crippen LogP contribution in [0, 0.1) is 11.8 Å². The second-order valence-corrected chi connectivity index (χ2v) is 6.68. The van der Waals surface area contributed by atoms with Gasteiger partial charge in [-0.15, -0.1) is 0 Å². The molecular weight excluding hydrogens is 292 g/mol. The Kier molecular flexibility index (Phi) is 7.34. The lowest BCUT2D eigenvalue weighted by Gasteiger charge is -2.15. The first kappa shape index (κ1) is 18.2. The second-order valence-electron chi connectivity index (χ2n) is 6.68. The van der Waals surface area contributed by atoms with E-state index < -0.39 is 0 Å². The van der Waals surface area contributed by atoms with Gasteiger partial charge in [-0.2, -0.15) is 0 Å². The average molecular weight is 322 g/mol. The number of methoxy groups -OCH3 is 1. The van der Waals surface area contributed by atoms with Crippen molar-refractivity contribution in [2.24, 2.45) is 11.8 Å². The van der Waals surface area contributed by atoms with Crippen LogP contribution in [0.3, 0.4) is 0 Å². The fourth-order valence-electron chi connectivity index (χ4n) is 3.14. The topological polar surface area (TPSA) is 51.2 Å². The predicted molar refractivity (Wildman–Crippen MR) is 90.6 cm³/mol. The van der Waals surface area contributed by atoms with Crippen LogP contribution in [0.15, 0.2) is 24.3 Å². The van der Waals surface area contributed by atoms with E-state index in [0.717, 1.165) is 25.2 Å². The van der Waals surface area contributed by atoms with Crippen molar-refractivity contribution in [2.75, 3.05) is 20.3 Å². The molecule has 4 nitrogen and oxygen atoms in total. The van der Waals surface area contributed by atoms with Gasteiger partial charge in [0.15, 0.2) is 0 Å². The molecular formula is C19H30O4. The lowest BCUT2D eigenvalue weighted by molar-refractivity contribution is 0.113. The van der Waals surface area contributed by atoms with Gasteiger partial charge >= 0.3 is 0 Å². The molecule has 0 bridgehead atoms.